The Morgan fingerprint density at radius 3 is 2.57 bits per heavy atom. The maximum Gasteiger partial charge on any atom is 0.410 e. The van der Waals surface area contributed by atoms with Crippen molar-refractivity contribution in [1.82, 2.24) is 4.90 Å². The number of nitrogens with zero attached hydrogens (tertiary/aromatic N) is 1. The molecule has 0 saturated carbocycles. The van der Waals surface area contributed by atoms with Crippen LogP contribution in [0.2, 0.25) is 0 Å². The van der Waals surface area contributed by atoms with Crippen LogP contribution in [-0.4, -0.2) is 36.8 Å². The number of amides is 1. The molecule has 30 heavy (non-hydrogen) atoms. The molecule has 2 unspecified atom stereocenters. The number of hydrogen-bond acceptors (Lipinski definition) is 4. The zero-order chi connectivity index (χ0) is 20.8. The van der Waals surface area contributed by atoms with Gasteiger partial charge in [-0.3, -0.25) is 4.90 Å². The molecule has 2 heterocycles. The highest BCUT2D eigenvalue weighted by molar-refractivity contribution is 5.69. The van der Waals surface area contributed by atoms with Gasteiger partial charge in [0.1, 0.15) is 6.61 Å². The van der Waals surface area contributed by atoms with E-state index in [1.54, 1.807) is 7.11 Å². The monoisotopic (exact) mass is 407 g/mol. The van der Waals surface area contributed by atoms with Gasteiger partial charge < -0.3 is 14.2 Å². The lowest BCUT2D eigenvalue weighted by Gasteiger charge is -2.44. The van der Waals surface area contributed by atoms with E-state index in [0.717, 1.165) is 49.2 Å². The van der Waals surface area contributed by atoms with E-state index in [4.69, 9.17) is 14.2 Å². The number of methoxy groups -OCH3 is 1. The van der Waals surface area contributed by atoms with Crippen LogP contribution in [0.25, 0.3) is 0 Å². The lowest BCUT2D eigenvalue weighted by atomic mass is 9.84. The van der Waals surface area contributed by atoms with Gasteiger partial charge in [0, 0.05) is 12.5 Å². The molecule has 5 heteroatoms. The highest BCUT2D eigenvalue weighted by Crippen LogP contribution is 2.35. The molecule has 2 atom stereocenters. The Morgan fingerprint density at radius 2 is 1.80 bits per heavy atom. The fourth-order valence-corrected chi connectivity index (χ4v) is 4.41. The predicted molar refractivity (Wildman–Crippen MR) is 116 cm³/mol. The van der Waals surface area contributed by atoms with Crippen LogP contribution in [0.5, 0.6) is 11.5 Å². The number of carbonyl (C=O) groups excluding carboxylic acids is 1. The van der Waals surface area contributed by atoms with E-state index in [0.29, 0.717) is 13.2 Å². The Kier molecular flexibility index (Phi) is 6.57. The highest BCUT2D eigenvalue weighted by atomic mass is 16.6. The molecule has 5 nitrogen and oxygen atoms in total. The van der Waals surface area contributed by atoms with Crippen molar-refractivity contribution < 1.29 is 19.0 Å². The van der Waals surface area contributed by atoms with Crippen molar-refractivity contribution in [2.24, 2.45) is 0 Å². The summed E-state index contributed by atoms with van der Waals surface area (Å²) in [5.74, 6) is 1.52. The van der Waals surface area contributed by atoms with E-state index in [9.17, 15) is 4.79 Å². The summed E-state index contributed by atoms with van der Waals surface area (Å²) >= 11 is 0. The molecule has 4 rings (SSSR count). The number of rotatable bonds is 7. The van der Waals surface area contributed by atoms with Crippen molar-refractivity contribution in [3.8, 4) is 11.5 Å². The van der Waals surface area contributed by atoms with Gasteiger partial charge in [0.2, 0.25) is 0 Å². The lowest BCUT2D eigenvalue weighted by Crippen LogP contribution is -2.51. The third-order valence-electron chi connectivity index (χ3n) is 5.88. The van der Waals surface area contributed by atoms with Gasteiger partial charge in [0.15, 0.2) is 11.5 Å². The van der Waals surface area contributed by atoms with Gasteiger partial charge in [0.25, 0.3) is 0 Å². The largest absolute Gasteiger partial charge is 0.493 e. The number of ether oxygens (including phenoxy) is 3. The van der Waals surface area contributed by atoms with Crippen molar-refractivity contribution in [2.45, 2.75) is 50.8 Å². The molecule has 1 amide bonds. The Balaban J connectivity index is 1.34. The van der Waals surface area contributed by atoms with Gasteiger partial charge in [-0.1, -0.05) is 54.1 Å². The zero-order valence-corrected chi connectivity index (χ0v) is 17.5. The summed E-state index contributed by atoms with van der Waals surface area (Å²) in [4.78, 5) is 14.8. The second-order valence-electron chi connectivity index (χ2n) is 7.88. The summed E-state index contributed by atoms with van der Waals surface area (Å²) in [5, 5.41) is 0. The van der Waals surface area contributed by atoms with Crippen LogP contribution in [0, 0.1) is 0 Å². The zero-order valence-electron chi connectivity index (χ0n) is 17.5. The van der Waals surface area contributed by atoms with Gasteiger partial charge in [0.05, 0.1) is 19.8 Å². The highest BCUT2D eigenvalue weighted by Gasteiger charge is 2.37. The van der Waals surface area contributed by atoms with Crippen LogP contribution in [-0.2, 0) is 11.3 Å². The number of fused-ring (bicyclic) bond motifs is 2. The van der Waals surface area contributed by atoms with E-state index in [1.807, 2.05) is 59.5 Å². The summed E-state index contributed by atoms with van der Waals surface area (Å²) in [6.07, 6.45) is 6.98. The molecular formula is C25H29NO4. The van der Waals surface area contributed by atoms with Crippen molar-refractivity contribution in [3.05, 3.63) is 71.8 Å². The molecule has 2 aliphatic heterocycles. The number of carbonyl (C=O) groups is 1. The summed E-state index contributed by atoms with van der Waals surface area (Å²) in [6.45, 7) is 0.920. The number of hydrogen-bond donors (Lipinski definition) is 0. The standard InChI is InChI=1S/C25H29NO4/c1-28-23-12-5-6-13-24(23)29-15-14-20-16-21-10-7-11-22(17-20)26(21)25(27)30-18-19-8-3-2-4-9-19/h2-6,8-9,12-13,16,21-22H,7,10-11,14-15,17-18H2,1H3. The van der Waals surface area contributed by atoms with Gasteiger partial charge >= 0.3 is 6.09 Å². The van der Waals surface area contributed by atoms with E-state index in [2.05, 4.69) is 6.08 Å². The van der Waals surface area contributed by atoms with Crippen LogP contribution in [0.4, 0.5) is 4.79 Å². The molecule has 0 spiro atoms. The molecule has 2 bridgehead atoms. The second kappa shape index (κ2) is 9.70. The fraction of sp³-hybridized carbons (Fsp3) is 0.400. The molecule has 2 aliphatic rings. The van der Waals surface area contributed by atoms with Gasteiger partial charge in [-0.05, 0) is 43.4 Å². The maximum absolute atomic E-state index is 12.8. The van der Waals surface area contributed by atoms with Crippen molar-refractivity contribution in [2.75, 3.05) is 13.7 Å². The van der Waals surface area contributed by atoms with Gasteiger partial charge in [-0.25, -0.2) is 4.79 Å². The van der Waals surface area contributed by atoms with Crippen LogP contribution in [0.1, 0.15) is 37.7 Å². The van der Waals surface area contributed by atoms with E-state index in [1.165, 1.54) is 5.57 Å². The lowest BCUT2D eigenvalue weighted by molar-refractivity contribution is 0.0477. The fourth-order valence-electron chi connectivity index (χ4n) is 4.41. The topological polar surface area (TPSA) is 48.0 Å². The van der Waals surface area contributed by atoms with E-state index >= 15 is 0 Å². The SMILES string of the molecule is COc1ccccc1OCCC1=CC2CCCC(C1)N2C(=O)OCc1ccccc1. The molecule has 0 N–H and O–H groups in total. The first-order chi connectivity index (χ1) is 14.7. The van der Waals surface area contributed by atoms with Crippen LogP contribution < -0.4 is 9.47 Å². The molecule has 0 radical (unpaired) electrons. The van der Waals surface area contributed by atoms with E-state index in [-0.39, 0.29) is 18.2 Å². The van der Waals surface area contributed by atoms with E-state index < -0.39 is 0 Å². The van der Waals surface area contributed by atoms with Crippen molar-refractivity contribution in [3.63, 3.8) is 0 Å². The normalized spacial score (nSPS) is 20.3. The van der Waals surface area contributed by atoms with Crippen LogP contribution in [0.3, 0.4) is 0 Å². The third kappa shape index (κ3) is 4.78. The molecule has 158 valence electrons. The molecule has 1 saturated heterocycles. The first-order valence-corrected chi connectivity index (χ1v) is 10.7. The quantitative estimate of drug-likeness (QED) is 0.580. The first kappa shape index (κ1) is 20.3. The maximum atomic E-state index is 12.8. The summed E-state index contributed by atoms with van der Waals surface area (Å²) in [5.41, 5.74) is 2.38. The van der Waals surface area contributed by atoms with Crippen molar-refractivity contribution >= 4 is 6.09 Å². The van der Waals surface area contributed by atoms with Gasteiger partial charge in [-0.15, -0.1) is 0 Å². The average molecular weight is 408 g/mol. The minimum absolute atomic E-state index is 0.127. The minimum atomic E-state index is -0.200. The van der Waals surface area contributed by atoms with Crippen molar-refractivity contribution in [1.29, 1.82) is 0 Å². The Bertz CT molecular complexity index is 880. The second-order valence-corrected chi connectivity index (χ2v) is 7.88. The molecule has 0 aromatic heterocycles. The van der Waals surface area contributed by atoms with Crippen LogP contribution in [0.15, 0.2) is 66.2 Å². The molecule has 2 aromatic rings. The third-order valence-corrected chi connectivity index (χ3v) is 5.88. The number of piperidine rings is 1. The molecule has 0 aliphatic carbocycles. The Labute approximate surface area is 178 Å². The summed E-state index contributed by atoms with van der Waals surface area (Å²) < 4.78 is 16.9. The predicted octanol–water partition coefficient (Wildman–Crippen LogP) is 5.35. The summed E-state index contributed by atoms with van der Waals surface area (Å²) in [6, 6.07) is 17.9. The minimum Gasteiger partial charge on any atom is -0.493 e. The molecular weight excluding hydrogens is 378 g/mol. The first-order valence-electron chi connectivity index (χ1n) is 10.7. The van der Waals surface area contributed by atoms with Crippen LogP contribution >= 0.6 is 0 Å². The summed E-state index contributed by atoms with van der Waals surface area (Å²) in [7, 11) is 1.65. The molecule has 1 fully saturated rings. The number of benzene rings is 2. The molecule has 2 aromatic carbocycles. The number of para-hydroxylation sites is 2. The smallest absolute Gasteiger partial charge is 0.410 e. The van der Waals surface area contributed by atoms with Gasteiger partial charge in [-0.2, -0.15) is 0 Å². The average Bonchev–Trinajstić information content (AvgIpc) is 2.78. The Hall–Kier alpha value is -2.95. The Morgan fingerprint density at radius 1 is 1.03 bits per heavy atom.